The second-order valence-corrected chi connectivity index (χ2v) is 6.26. The Kier molecular flexibility index (Phi) is 4.39. The molecule has 0 saturated carbocycles. The minimum absolute atomic E-state index is 0.475. The van der Waals surface area contributed by atoms with Crippen LogP contribution in [0.3, 0.4) is 0 Å². The smallest absolute Gasteiger partial charge is 0.0595 e. The van der Waals surface area contributed by atoms with E-state index in [0.29, 0.717) is 16.1 Å². The number of nitrogens with zero attached hydrogens (tertiary/aromatic N) is 1. The molecule has 1 aliphatic rings. The van der Waals surface area contributed by atoms with Crippen LogP contribution in [0.1, 0.15) is 11.1 Å². The van der Waals surface area contributed by atoms with E-state index < -0.39 is 0 Å². The lowest BCUT2D eigenvalue weighted by molar-refractivity contribution is 0.521. The van der Waals surface area contributed by atoms with Crippen molar-refractivity contribution in [3.63, 3.8) is 0 Å². The van der Waals surface area contributed by atoms with E-state index in [2.05, 4.69) is 34.5 Å². The Morgan fingerprint density at radius 3 is 2.71 bits per heavy atom. The van der Waals surface area contributed by atoms with Gasteiger partial charge in [-0.2, -0.15) is 0 Å². The van der Waals surface area contributed by atoms with Crippen LogP contribution in [-0.4, -0.2) is 19.6 Å². The van der Waals surface area contributed by atoms with Crippen molar-refractivity contribution in [3.05, 3.63) is 63.6 Å². The Balaban J connectivity index is 1.88. The number of rotatable bonds is 3. The Bertz CT molecular complexity index is 642. The number of para-hydroxylation sites is 1. The van der Waals surface area contributed by atoms with E-state index in [9.17, 15) is 0 Å². The molecule has 4 heteroatoms. The van der Waals surface area contributed by atoms with Gasteiger partial charge >= 0.3 is 0 Å². The molecule has 2 aromatic carbocycles. The molecule has 0 radical (unpaired) electrons. The van der Waals surface area contributed by atoms with Gasteiger partial charge in [0.15, 0.2) is 0 Å². The zero-order valence-corrected chi connectivity index (χ0v) is 13.5. The number of nitrogens with one attached hydrogen (secondary N) is 1. The zero-order chi connectivity index (χ0) is 14.8. The van der Waals surface area contributed by atoms with Gasteiger partial charge in [0.25, 0.3) is 0 Å². The van der Waals surface area contributed by atoms with Crippen molar-refractivity contribution >= 4 is 28.9 Å². The van der Waals surface area contributed by atoms with Gasteiger partial charge in [-0.25, -0.2) is 0 Å². The highest BCUT2D eigenvalue weighted by molar-refractivity contribution is 6.42. The Morgan fingerprint density at radius 2 is 1.95 bits per heavy atom. The van der Waals surface area contributed by atoms with E-state index in [4.69, 9.17) is 23.2 Å². The fraction of sp³-hybridized carbons (Fsp3) is 0.294. The monoisotopic (exact) mass is 320 g/mol. The maximum atomic E-state index is 6.12. The average Bonchev–Trinajstić information content (AvgIpc) is 2.51. The van der Waals surface area contributed by atoms with Crippen LogP contribution in [0.2, 0.25) is 10.0 Å². The second kappa shape index (κ2) is 6.27. The van der Waals surface area contributed by atoms with Gasteiger partial charge in [-0.05, 0) is 42.8 Å². The van der Waals surface area contributed by atoms with E-state index in [1.165, 1.54) is 16.8 Å². The first-order chi connectivity index (χ1) is 10.2. The van der Waals surface area contributed by atoms with Crippen molar-refractivity contribution in [2.75, 3.05) is 18.5 Å². The van der Waals surface area contributed by atoms with Crippen LogP contribution in [0.15, 0.2) is 42.5 Å². The molecule has 0 bridgehead atoms. The highest BCUT2D eigenvalue weighted by Gasteiger charge is 2.23. The van der Waals surface area contributed by atoms with Gasteiger partial charge in [-0.3, -0.25) is 0 Å². The summed E-state index contributed by atoms with van der Waals surface area (Å²) in [5.74, 6) is 0. The summed E-state index contributed by atoms with van der Waals surface area (Å²) in [7, 11) is 2.02. The summed E-state index contributed by atoms with van der Waals surface area (Å²) in [5.41, 5.74) is 3.88. The van der Waals surface area contributed by atoms with Gasteiger partial charge in [0.1, 0.15) is 0 Å². The van der Waals surface area contributed by atoms with E-state index in [0.717, 1.165) is 19.5 Å². The van der Waals surface area contributed by atoms with Crippen molar-refractivity contribution in [3.8, 4) is 0 Å². The number of fused-ring (bicyclic) bond motifs is 1. The Labute approximate surface area is 135 Å². The molecule has 1 aliphatic heterocycles. The Hall–Kier alpha value is -1.22. The minimum atomic E-state index is 0.475. The molecule has 0 aromatic heterocycles. The molecular weight excluding hydrogens is 303 g/mol. The molecule has 1 atom stereocenters. The van der Waals surface area contributed by atoms with Crippen LogP contribution in [0.5, 0.6) is 0 Å². The van der Waals surface area contributed by atoms with Gasteiger partial charge in [0.05, 0.1) is 10.0 Å². The highest BCUT2D eigenvalue weighted by Crippen LogP contribution is 2.29. The topological polar surface area (TPSA) is 15.3 Å². The largest absolute Gasteiger partial charge is 0.365 e. The molecule has 1 N–H and O–H groups in total. The van der Waals surface area contributed by atoms with Crippen LogP contribution in [0.25, 0.3) is 0 Å². The standard InChI is InChI=1S/C17H18Cl2N2/c1-20-14-9-13-4-2-3-5-17(13)21(11-14)10-12-6-7-15(18)16(19)8-12/h2-8,14,20H,9-11H2,1H3. The maximum Gasteiger partial charge on any atom is 0.0595 e. The molecular formula is C17H18Cl2N2. The van der Waals surface area contributed by atoms with Crippen LogP contribution in [-0.2, 0) is 13.0 Å². The summed E-state index contributed by atoms with van der Waals surface area (Å²) in [6.07, 6.45) is 1.07. The minimum Gasteiger partial charge on any atom is -0.365 e. The molecule has 2 nitrogen and oxygen atoms in total. The first kappa shape index (κ1) is 14.7. The molecule has 2 aromatic rings. The third-order valence-electron chi connectivity index (χ3n) is 4.01. The van der Waals surface area contributed by atoms with Crippen LogP contribution < -0.4 is 10.2 Å². The lowest BCUT2D eigenvalue weighted by atomic mass is 9.97. The first-order valence-electron chi connectivity index (χ1n) is 7.11. The quantitative estimate of drug-likeness (QED) is 0.914. The van der Waals surface area contributed by atoms with Crippen molar-refractivity contribution in [2.45, 2.75) is 19.0 Å². The SMILES string of the molecule is CNC1Cc2ccccc2N(Cc2ccc(Cl)c(Cl)c2)C1. The molecule has 110 valence electrons. The van der Waals surface area contributed by atoms with Crippen molar-refractivity contribution < 1.29 is 0 Å². The van der Waals surface area contributed by atoms with Gasteiger partial charge in [-0.15, -0.1) is 0 Å². The number of anilines is 1. The predicted octanol–water partition coefficient (Wildman–Crippen LogP) is 4.14. The van der Waals surface area contributed by atoms with Crippen LogP contribution in [0.4, 0.5) is 5.69 Å². The van der Waals surface area contributed by atoms with Crippen molar-refractivity contribution in [1.82, 2.24) is 5.32 Å². The van der Waals surface area contributed by atoms with Crippen LogP contribution in [0, 0.1) is 0 Å². The summed E-state index contributed by atoms with van der Waals surface area (Å²) in [5, 5.41) is 4.61. The van der Waals surface area contributed by atoms with Gasteiger partial charge < -0.3 is 10.2 Å². The number of benzene rings is 2. The normalized spacial score (nSPS) is 17.7. The average molecular weight is 321 g/mol. The molecule has 21 heavy (non-hydrogen) atoms. The van der Waals surface area contributed by atoms with Crippen LogP contribution >= 0.6 is 23.2 Å². The van der Waals surface area contributed by atoms with E-state index >= 15 is 0 Å². The number of halogens is 2. The third-order valence-corrected chi connectivity index (χ3v) is 4.74. The first-order valence-corrected chi connectivity index (χ1v) is 7.87. The zero-order valence-electron chi connectivity index (χ0n) is 11.9. The van der Waals surface area contributed by atoms with E-state index in [1.54, 1.807) is 0 Å². The van der Waals surface area contributed by atoms with E-state index in [-0.39, 0.29) is 0 Å². The lowest BCUT2D eigenvalue weighted by Gasteiger charge is -2.36. The third kappa shape index (κ3) is 3.18. The van der Waals surface area contributed by atoms with Gasteiger partial charge in [0.2, 0.25) is 0 Å². The van der Waals surface area contributed by atoms with Gasteiger partial charge in [-0.1, -0.05) is 47.5 Å². The highest BCUT2D eigenvalue weighted by atomic mass is 35.5. The molecule has 0 amide bonds. The molecule has 0 aliphatic carbocycles. The molecule has 0 fully saturated rings. The van der Waals surface area contributed by atoms with E-state index in [1.807, 2.05) is 25.2 Å². The molecule has 3 rings (SSSR count). The predicted molar refractivity (Wildman–Crippen MR) is 90.5 cm³/mol. The lowest BCUT2D eigenvalue weighted by Crippen LogP contribution is -2.44. The molecule has 0 saturated heterocycles. The summed E-state index contributed by atoms with van der Waals surface area (Å²) >= 11 is 12.1. The van der Waals surface area contributed by atoms with Crippen molar-refractivity contribution in [2.24, 2.45) is 0 Å². The summed E-state index contributed by atoms with van der Waals surface area (Å²) in [4.78, 5) is 2.40. The second-order valence-electron chi connectivity index (χ2n) is 5.45. The fourth-order valence-electron chi connectivity index (χ4n) is 2.89. The van der Waals surface area contributed by atoms with Crippen molar-refractivity contribution in [1.29, 1.82) is 0 Å². The molecule has 1 heterocycles. The number of hydrogen-bond acceptors (Lipinski definition) is 2. The number of likely N-dealkylation sites (N-methyl/N-ethyl adjacent to an activating group) is 1. The maximum absolute atomic E-state index is 6.12. The number of hydrogen-bond donors (Lipinski definition) is 1. The summed E-state index contributed by atoms with van der Waals surface area (Å²) in [6, 6.07) is 14.9. The molecule has 0 spiro atoms. The fourth-order valence-corrected chi connectivity index (χ4v) is 3.21. The molecule has 1 unspecified atom stereocenters. The Morgan fingerprint density at radius 1 is 1.14 bits per heavy atom. The summed E-state index contributed by atoms with van der Waals surface area (Å²) in [6.45, 7) is 1.83. The summed E-state index contributed by atoms with van der Waals surface area (Å²) < 4.78 is 0. The van der Waals surface area contributed by atoms with Gasteiger partial charge in [0, 0.05) is 24.8 Å².